The van der Waals surface area contributed by atoms with Gasteiger partial charge < -0.3 is 10.5 Å². The fourth-order valence-corrected chi connectivity index (χ4v) is 3.07. The molecule has 0 fully saturated rings. The number of hydrogen-bond acceptors (Lipinski definition) is 3. The van der Waals surface area contributed by atoms with E-state index in [-0.39, 0.29) is 6.04 Å². The van der Waals surface area contributed by atoms with Gasteiger partial charge in [-0.1, -0.05) is 12.1 Å². The minimum Gasteiger partial charge on any atom is -0.497 e. The molecule has 0 aliphatic heterocycles. The summed E-state index contributed by atoms with van der Waals surface area (Å²) in [6.07, 6.45) is 0.844. The number of thiophene rings is 1. The topological polar surface area (TPSA) is 35.2 Å². The number of rotatable bonds is 4. The van der Waals surface area contributed by atoms with E-state index < -0.39 is 0 Å². The van der Waals surface area contributed by atoms with Crippen LogP contribution in [0.2, 0.25) is 0 Å². The van der Waals surface area contributed by atoms with E-state index >= 15 is 0 Å². The van der Waals surface area contributed by atoms with Gasteiger partial charge in [0.25, 0.3) is 0 Å². The van der Waals surface area contributed by atoms with Crippen molar-refractivity contribution in [2.45, 2.75) is 12.5 Å². The molecule has 0 saturated carbocycles. The molecule has 2 nitrogen and oxygen atoms in total. The molecule has 1 unspecified atom stereocenters. The molecule has 0 spiro atoms. The predicted molar refractivity (Wildman–Crippen MR) is 75.6 cm³/mol. The lowest BCUT2D eigenvalue weighted by Crippen LogP contribution is -2.11. The largest absolute Gasteiger partial charge is 0.497 e. The summed E-state index contributed by atoms with van der Waals surface area (Å²) in [5.41, 5.74) is 7.39. The SMILES string of the molecule is COc1ccc(CC(N)c2ccc(Br)s2)cc1. The molecule has 1 heterocycles. The van der Waals surface area contributed by atoms with Crippen molar-refractivity contribution in [1.29, 1.82) is 0 Å². The van der Waals surface area contributed by atoms with E-state index in [0.717, 1.165) is 16.0 Å². The van der Waals surface area contributed by atoms with E-state index in [9.17, 15) is 0 Å². The number of nitrogens with two attached hydrogens (primary N) is 1. The molecule has 90 valence electrons. The van der Waals surface area contributed by atoms with Gasteiger partial charge in [0.2, 0.25) is 0 Å². The molecule has 0 aliphatic carbocycles. The quantitative estimate of drug-likeness (QED) is 0.933. The number of hydrogen-bond donors (Lipinski definition) is 1. The van der Waals surface area contributed by atoms with Gasteiger partial charge in [-0.05, 0) is 52.2 Å². The molecule has 0 aliphatic rings. The highest BCUT2D eigenvalue weighted by Crippen LogP contribution is 2.28. The van der Waals surface area contributed by atoms with E-state index in [1.807, 2.05) is 18.2 Å². The minimum absolute atomic E-state index is 0.0553. The molecule has 1 atom stereocenters. The van der Waals surface area contributed by atoms with Crippen molar-refractivity contribution >= 4 is 27.3 Å². The molecule has 17 heavy (non-hydrogen) atoms. The summed E-state index contributed by atoms with van der Waals surface area (Å²) < 4.78 is 6.25. The molecule has 0 amide bonds. The van der Waals surface area contributed by atoms with Gasteiger partial charge in [-0.3, -0.25) is 0 Å². The second kappa shape index (κ2) is 5.67. The zero-order valence-corrected chi connectivity index (χ0v) is 11.9. The predicted octanol–water partition coefficient (Wildman–Crippen LogP) is 3.76. The summed E-state index contributed by atoms with van der Waals surface area (Å²) in [6.45, 7) is 0. The Labute approximate surface area is 114 Å². The molecular weight excluding hydrogens is 298 g/mol. The van der Waals surface area contributed by atoms with Gasteiger partial charge in [0.15, 0.2) is 0 Å². The minimum atomic E-state index is 0.0553. The van der Waals surface area contributed by atoms with Crippen LogP contribution in [0.1, 0.15) is 16.5 Å². The lowest BCUT2D eigenvalue weighted by atomic mass is 10.1. The summed E-state index contributed by atoms with van der Waals surface area (Å²) in [7, 11) is 1.67. The maximum Gasteiger partial charge on any atom is 0.118 e. The van der Waals surface area contributed by atoms with Crippen molar-refractivity contribution in [3.8, 4) is 5.75 Å². The first kappa shape index (κ1) is 12.6. The molecule has 4 heteroatoms. The average Bonchev–Trinajstić information content (AvgIpc) is 2.77. The third kappa shape index (κ3) is 3.31. The Balaban J connectivity index is 2.04. The summed E-state index contributed by atoms with van der Waals surface area (Å²) in [5, 5.41) is 0. The molecular formula is C13H14BrNOS. The highest BCUT2D eigenvalue weighted by Gasteiger charge is 2.09. The Morgan fingerprint density at radius 2 is 1.94 bits per heavy atom. The van der Waals surface area contributed by atoms with Crippen LogP contribution in [0, 0.1) is 0 Å². The average molecular weight is 312 g/mol. The first-order chi connectivity index (χ1) is 8.19. The molecule has 0 saturated heterocycles. The molecule has 2 rings (SSSR count). The van der Waals surface area contributed by atoms with Crippen LogP contribution in [0.15, 0.2) is 40.2 Å². The van der Waals surface area contributed by atoms with Crippen LogP contribution in [0.4, 0.5) is 0 Å². The van der Waals surface area contributed by atoms with Crippen molar-refractivity contribution in [2.24, 2.45) is 5.73 Å². The fraction of sp³-hybridized carbons (Fsp3) is 0.231. The van der Waals surface area contributed by atoms with Crippen LogP contribution in [0.5, 0.6) is 5.75 Å². The van der Waals surface area contributed by atoms with E-state index in [1.165, 1.54) is 10.4 Å². The molecule has 1 aromatic carbocycles. The third-order valence-electron chi connectivity index (χ3n) is 2.57. The van der Waals surface area contributed by atoms with Crippen LogP contribution < -0.4 is 10.5 Å². The van der Waals surface area contributed by atoms with E-state index in [1.54, 1.807) is 18.4 Å². The number of ether oxygens (including phenoxy) is 1. The zero-order chi connectivity index (χ0) is 12.3. The Kier molecular flexibility index (Phi) is 4.20. The maximum absolute atomic E-state index is 6.17. The lowest BCUT2D eigenvalue weighted by molar-refractivity contribution is 0.414. The van der Waals surface area contributed by atoms with Gasteiger partial charge in [0, 0.05) is 10.9 Å². The number of halogens is 1. The van der Waals surface area contributed by atoms with Crippen molar-refractivity contribution in [2.75, 3.05) is 7.11 Å². The number of benzene rings is 1. The summed E-state index contributed by atoms with van der Waals surface area (Å²) in [5.74, 6) is 0.876. The van der Waals surface area contributed by atoms with Crippen LogP contribution in [-0.2, 0) is 6.42 Å². The second-order valence-electron chi connectivity index (χ2n) is 3.80. The van der Waals surface area contributed by atoms with Crippen LogP contribution in [0.25, 0.3) is 0 Å². The fourth-order valence-electron chi connectivity index (χ4n) is 1.64. The first-order valence-electron chi connectivity index (χ1n) is 5.33. The molecule has 0 radical (unpaired) electrons. The first-order valence-corrected chi connectivity index (χ1v) is 6.93. The Morgan fingerprint density at radius 1 is 1.24 bits per heavy atom. The maximum atomic E-state index is 6.17. The highest BCUT2D eigenvalue weighted by molar-refractivity contribution is 9.11. The van der Waals surface area contributed by atoms with Gasteiger partial charge in [-0.15, -0.1) is 11.3 Å². The van der Waals surface area contributed by atoms with Crippen LogP contribution >= 0.6 is 27.3 Å². The van der Waals surface area contributed by atoms with E-state index in [0.29, 0.717) is 0 Å². The smallest absolute Gasteiger partial charge is 0.118 e. The normalized spacial score (nSPS) is 12.4. The van der Waals surface area contributed by atoms with Crippen molar-refractivity contribution < 1.29 is 4.74 Å². The highest BCUT2D eigenvalue weighted by atomic mass is 79.9. The summed E-state index contributed by atoms with van der Waals surface area (Å²) in [6, 6.07) is 12.2. The third-order valence-corrected chi connectivity index (χ3v) is 4.33. The van der Waals surface area contributed by atoms with E-state index in [4.69, 9.17) is 10.5 Å². The van der Waals surface area contributed by atoms with E-state index in [2.05, 4.69) is 34.1 Å². The van der Waals surface area contributed by atoms with Gasteiger partial charge in [-0.2, -0.15) is 0 Å². The van der Waals surface area contributed by atoms with Crippen molar-refractivity contribution in [3.05, 3.63) is 50.6 Å². The van der Waals surface area contributed by atoms with Gasteiger partial charge in [0.1, 0.15) is 5.75 Å². The van der Waals surface area contributed by atoms with Gasteiger partial charge in [0.05, 0.1) is 10.9 Å². The molecule has 2 N–H and O–H groups in total. The summed E-state index contributed by atoms with van der Waals surface area (Å²) in [4.78, 5) is 1.20. The zero-order valence-electron chi connectivity index (χ0n) is 9.52. The van der Waals surface area contributed by atoms with Gasteiger partial charge >= 0.3 is 0 Å². The number of methoxy groups -OCH3 is 1. The van der Waals surface area contributed by atoms with Gasteiger partial charge in [-0.25, -0.2) is 0 Å². The Morgan fingerprint density at radius 3 is 2.47 bits per heavy atom. The molecule has 1 aromatic heterocycles. The molecule has 2 aromatic rings. The summed E-state index contributed by atoms with van der Waals surface area (Å²) >= 11 is 5.14. The standard InChI is InChI=1S/C13H14BrNOS/c1-16-10-4-2-9(3-5-10)8-11(15)12-6-7-13(14)17-12/h2-7,11H,8,15H2,1H3. The molecule has 0 bridgehead atoms. The Hall–Kier alpha value is -0.840. The van der Waals surface area contributed by atoms with Crippen LogP contribution in [-0.4, -0.2) is 7.11 Å². The lowest BCUT2D eigenvalue weighted by Gasteiger charge is -2.10. The van der Waals surface area contributed by atoms with Crippen LogP contribution in [0.3, 0.4) is 0 Å². The Bertz CT molecular complexity index is 480. The second-order valence-corrected chi connectivity index (χ2v) is 6.30. The monoisotopic (exact) mass is 311 g/mol. The van der Waals surface area contributed by atoms with Crippen molar-refractivity contribution in [1.82, 2.24) is 0 Å². The van der Waals surface area contributed by atoms with Crippen molar-refractivity contribution in [3.63, 3.8) is 0 Å².